The van der Waals surface area contributed by atoms with E-state index in [2.05, 4.69) is 11.0 Å². The molecule has 0 aromatic heterocycles. The fourth-order valence-electron chi connectivity index (χ4n) is 4.41. The molecule has 0 saturated carbocycles. The van der Waals surface area contributed by atoms with E-state index in [1.165, 1.54) is 25.1 Å². The number of thioether (sulfide) groups is 1. The van der Waals surface area contributed by atoms with Crippen molar-refractivity contribution in [2.45, 2.75) is 55.5 Å². The van der Waals surface area contributed by atoms with E-state index in [9.17, 15) is 32.8 Å². The largest absolute Gasteiger partial charge is 0.463 e. The topological polar surface area (TPSA) is 139 Å². The second-order valence-electron chi connectivity index (χ2n) is 9.18. The maximum atomic E-state index is 14.0. The first kappa shape index (κ1) is 30.7. The van der Waals surface area contributed by atoms with E-state index in [0.717, 1.165) is 30.8 Å². The van der Waals surface area contributed by atoms with Gasteiger partial charge in [-0.1, -0.05) is 17.8 Å². The van der Waals surface area contributed by atoms with Crippen molar-refractivity contribution in [1.82, 2.24) is 16.0 Å². The summed E-state index contributed by atoms with van der Waals surface area (Å²) in [6, 6.07) is 9.08. The van der Waals surface area contributed by atoms with Gasteiger partial charge in [-0.05, 0) is 30.3 Å². The molecule has 0 amide bonds. The normalized spacial score (nSPS) is 23.3. The van der Waals surface area contributed by atoms with Crippen LogP contribution < -0.4 is 11.0 Å². The van der Waals surface area contributed by atoms with Crippen molar-refractivity contribution in [3.05, 3.63) is 71.2 Å². The highest BCUT2D eigenvalue weighted by molar-refractivity contribution is 7.99. The Bertz CT molecular complexity index is 1430. The van der Waals surface area contributed by atoms with Gasteiger partial charge in [0.05, 0.1) is 17.3 Å². The lowest BCUT2D eigenvalue weighted by Crippen LogP contribution is -2.67. The van der Waals surface area contributed by atoms with Crippen LogP contribution >= 0.6 is 11.8 Å². The van der Waals surface area contributed by atoms with Crippen LogP contribution in [0.4, 0.5) is 13.2 Å². The lowest BCUT2D eigenvalue weighted by atomic mass is 9.96. The monoisotopic (exact) mass is 606 g/mol. The summed E-state index contributed by atoms with van der Waals surface area (Å²) in [6.45, 7) is 3.15. The van der Waals surface area contributed by atoms with Gasteiger partial charge in [0, 0.05) is 37.4 Å². The molecule has 1 saturated heterocycles. The van der Waals surface area contributed by atoms with Crippen molar-refractivity contribution in [3.63, 3.8) is 0 Å². The third-order valence-corrected chi connectivity index (χ3v) is 7.23. The summed E-state index contributed by atoms with van der Waals surface area (Å²) in [6.07, 6.45) is -2.12. The van der Waals surface area contributed by atoms with E-state index >= 15 is 0 Å². The Balaban J connectivity index is 1.78. The van der Waals surface area contributed by atoms with Gasteiger partial charge in [-0.25, -0.2) is 13.2 Å². The van der Waals surface area contributed by atoms with Gasteiger partial charge in [0.2, 0.25) is 0 Å². The van der Waals surface area contributed by atoms with Gasteiger partial charge in [-0.15, -0.1) is 5.53 Å². The highest BCUT2D eigenvalue weighted by Crippen LogP contribution is 2.39. The van der Waals surface area contributed by atoms with Crippen LogP contribution in [-0.2, 0) is 33.3 Å². The van der Waals surface area contributed by atoms with Crippen LogP contribution in [0, 0.1) is 28.8 Å². The van der Waals surface area contributed by atoms with Gasteiger partial charge in [0.15, 0.2) is 29.7 Å². The van der Waals surface area contributed by atoms with Crippen LogP contribution in [0.2, 0.25) is 0 Å². The number of carbonyl (C=O) groups is 3. The van der Waals surface area contributed by atoms with Crippen molar-refractivity contribution in [2.75, 3.05) is 6.61 Å². The highest BCUT2D eigenvalue weighted by Gasteiger charge is 2.53. The molecule has 0 bridgehead atoms. The third-order valence-electron chi connectivity index (χ3n) is 6.09. The summed E-state index contributed by atoms with van der Waals surface area (Å²) in [5.41, 5.74) is 4.90. The lowest BCUT2D eigenvalue weighted by Gasteiger charge is -2.47. The molecular weight excluding hydrogens is 581 g/mol. The van der Waals surface area contributed by atoms with Crippen molar-refractivity contribution in [3.8, 4) is 6.07 Å². The quantitative estimate of drug-likeness (QED) is 0.260. The van der Waals surface area contributed by atoms with E-state index in [0.29, 0.717) is 10.5 Å². The third kappa shape index (κ3) is 7.14. The zero-order valence-electron chi connectivity index (χ0n) is 22.4. The summed E-state index contributed by atoms with van der Waals surface area (Å²) < 4.78 is 64.2. The Morgan fingerprint density at radius 2 is 1.69 bits per heavy atom. The summed E-state index contributed by atoms with van der Waals surface area (Å²) in [5.74, 6) is -6.52. The van der Waals surface area contributed by atoms with Crippen LogP contribution in [0.5, 0.6) is 0 Å². The van der Waals surface area contributed by atoms with Gasteiger partial charge in [-0.3, -0.25) is 19.4 Å². The Morgan fingerprint density at radius 3 is 2.31 bits per heavy atom. The number of halogens is 3. The molecule has 0 radical (unpaired) electrons. The average Bonchev–Trinajstić information content (AvgIpc) is 3.41. The standard InChI is InChI=1S/C27H25F3N4O7S/c1-13(35)38-12-22-25(39-14(2)36)24(34-11-21(32-33-34)17-8-19(28)23(30)20(29)9-17)26(40-15(3)37)27(41-22)42-18-6-4-5-16(7-18)10-31/h4-9,11,22,24-27,32-33H,12H2,1-3H3/t22?,24?,25-,26?,27+/m0/s1. The Hall–Kier alpha value is -4.26. The first-order valence-electron chi connectivity index (χ1n) is 12.4. The van der Waals surface area contributed by atoms with E-state index in [-0.39, 0.29) is 17.9 Å². The second-order valence-corrected chi connectivity index (χ2v) is 10.4. The molecule has 42 heavy (non-hydrogen) atoms. The Kier molecular flexibility index (Phi) is 9.61. The number of hydrazine groups is 2. The van der Waals surface area contributed by atoms with Gasteiger partial charge in [0.1, 0.15) is 24.2 Å². The van der Waals surface area contributed by atoms with Crippen LogP contribution in [0.25, 0.3) is 5.70 Å². The van der Waals surface area contributed by atoms with Crippen LogP contribution in [0.3, 0.4) is 0 Å². The zero-order chi connectivity index (χ0) is 30.6. The van der Waals surface area contributed by atoms with Crippen molar-refractivity contribution in [2.24, 2.45) is 0 Å². The summed E-state index contributed by atoms with van der Waals surface area (Å²) >= 11 is 1.10. The molecule has 2 heterocycles. The minimum atomic E-state index is -1.63. The Morgan fingerprint density at radius 1 is 1.02 bits per heavy atom. The van der Waals surface area contributed by atoms with E-state index < -0.39 is 65.1 Å². The van der Waals surface area contributed by atoms with E-state index in [4.69, 9.17) is 18.9 Å². The minimum Gasteiger partial charge on any atom is -0.463 e. The number of ether oxygens (including phenoxy) is 4. The average molecular weight is 607 g/mol. The summed E-state index contributed by atoms with van der Waals surface area (Å²) in [4.78, 5) is 36.7. The van der Waals surface area contributed by atoms with Gasteiger partial charge < -0.3 is 24.4 Å². The molecule has 2 N–H and O–H groups in total. The number of nitrogens with zero attached hydrogens (tertiary/aromatic N) is 2. The Labute approximate surface area is 242 Å². The molecular formula is C27H25F3N4O7S. The van der Waals surface area contributed by atoms with E-state index in [1.54, 1.807) is 24.3 Å². The number of hydrogen-bond acceptors (Lipinski definition) is 12. The highest BCUT2D eigenvalue weighted by atomic mass is 32.2. The SMILES string of the molecule is CC(=O)OCC1O[C@H](Sc2cccc(C#N)c2)C(OC(C)=O)C(N2C=C(c3cc(F)c(F)c(F)c3)NN2)[C@H]1OC(C)=O. The fourth-order valence-corrected chi connectivity index (χ4v) is 5.58. The molecule has 222 valence electrons. The number of esters is 3. The molecule has 0 aliphatic carbocycles. The maximum Gasteiger partial charge on any atom is 0.303 e. The summed E-state index contributed by atoms with van der Waals surface area (Å²) in [5, 5.41) is 10.7. The molecule has 1 fully saturated rings. The van der Waals surface area contributed by atoms with Crippen molar-refractivity contribution < 1.29 is 46.5 Å². The number of hydrogen-bond donors (Lipinski definition) is 2. The van der Waals surface area contributed by atoms with E-state index in [1.807, 2.05) is 6.07 Å². The molecule has 0 spiro atoms. The van der Waals surface area contributed by atoms with Crippen molar-refractivity contribution >= 4 is 35.4 Å². The minimum absolute atomic E-state index is 0.0581. The predicted molar refractivity (Wildman–Crippen MR) is 140 cm³/mol. The molecule has 15 heteroatoms. The molecule has 2 aliphatic rings. The first-order chi connectivity index (χ1) is 20.0. The molecule has 11 nitrogen and oxygen atoms in total. The molecule has 5 atom stereocenters. The number of nitriles is 1. The zero-order valence-corrected chi connectivity index (χ0v) is 23.2. The van der Waals surface area contributed by atoms with Crippen LogP contribution in [0.1, 0.15) is 31.9 Å². The summed E-state index contributed by atoms with van der Waals surface area (Å²) in [7, 11) is 0. The first-order valence-corrected chi connectivity index (χ1v) is 13.3. The number of rotatable bonds is 8. The molecule has 2 aromatic carbocycles. The van der Waals surface area contributed by atoms with Crippen molar-refractivity contribution in [1.29, 1.82) is 5.26 Å². The lowest BCUT2D eigenvalue weighted by molar-refractivity contribution is -0.218. The van der Waals surface area contributed by atoms with Gasteiger partial charge in [0.25, 0.3) is 0 Å². The van der Waals surface area contributed by atoms with Gasteiger partial charge >= 0.3 is 17.9 Å². The fraction of sp³-hybridized carbons (Fsp3) is 0.333. The molecule has 2 aliphatic heterocycles. The van der Waals surface area contributed by atoms with Gasteiger partial charge in [-0.2, -0.15) is 5.26 Å². The number of nitrogens with one attached hydrogen (secondary N) is 2. The smallest absolute Gasteiger partial charge is 0.303 e. The second kappa shape index (κ2) is 13.1. The predicted octanol–water partition coefficient (Wildman–Crippen LogP) is 2.91. The number of carbonyl (C=O) groups excluding carboxylic acids is 3. The maximum absolute atomic E-state index is 14.0. The van der Waals surface area contributed by atoms with Crippen LogP contribution in [-0.4, -0.2) is 59.3 Å². The molecule has 4 rings (SSSR count). The molecule has 3 unspecified atom stereocenters. The number of benzene rings is 2. The molecule has 2 aromatic rings. The van der Waals surface area contributed by atoms with Crippen LogP contribution in [0.15, 0.2) is 47.5 Å².